The van der Waals surface area contributed by atoms with Crippen molar-refractivity contribution >= 4 is 11.5 Å². The van der Waals surface area contributed by atoms with Crippen molar-refractivity contribution in [2.24, 2.45) is 0 Å². The quantitative estimate of drug-likeness (QED) is 0.630. The molecule has 6 heteroatoms. The van der Waals surface area contributed by atoms with Gasteiger partial charge in [0.25, 0.3) is 0 Å². The summed E-state index contributed by atoms with van der Waals surface area (Å²) in [6.45, 7) is 1.13. The van der Waals surface area contributed by atoms with E-state index in [0.717, 1.165) is 19.1 Å². The SMILES string of the molecule is COc1ccc(C(F)(F)F)c(N)c1C(C)=O. The van der Waals surface area contributed by atoms with E-state index in [-0.39, 0.29) is 11.3 Å². The van der Waals surface area contributed by atoms with Crippen molar-refractivity contribution in [1.82, 2.24) is 0 Å². The molecule has 0 spiro atoms. The number of nitrogen functional groups attached to an aromatic ring is 1. The van der Waals surface area contributed by atoms with Crippen LogP contribution in [-0.4, -0.2) is 12.9 Å². The maximum atomic E-state index is 12.5. The fraction of sp³-hybridized carbons (Fsp3) is 0.300. The predicted octanol–water partition coefficient (Wildman–Crippen LogP) is 2.50. The Morgan fingerprint density at radius 1 is 1.38 bits per heavy atom. The van der Waals surface area contributed by atoms with Gasteiger partial charge in [0.05, 0.1) is 23.9 Å². The molecule has 1 rings (SSSR count). The molecule has 0 bridgehead atoms. The Balaban J connectivity index is 3.50. The van der Waals surface area contributed by atoms with Gasteiger partial charge in [0.15, 0.2) is 5.78 Å². The van der Waals surface area contributed by atoms with Crippen molar-refractivity contribution in [3.8, 4) is 5.75 Å². The molecule has 2 N–H and O–H groups in total. The van der Waals surface area contributed by atoms with Gasteiger partial charge in [-0.25, -0.2) is 0 Å². The number of ether oxygens (including phenoxy) is 1. The lowest BCUT2D eigenvalue weighted by Crippen LogP contribution is -2.13. The number of hydrogen-bond acceptors (Lipinski definition) is 3. The Morgan fingerprint density at radius 3 is 2.31 bits per heavy atom. The zero-order valence-corrected chi connectivity index (χ0v) is 8.68. The number of methoxy groups -OCH3 is 1. The number of halogens is 3. The molecular formula is C10H10F3NO2. The molecule has 0 aliphatic rings. The van der Waals surface area contributed by atoms with Crippen molar-refractivity contribution in [2.75, 3.05) is 12.8 Å². The lowest BCUT2D eigenvalue weighted by molar-refractivity contribution is -0.136. The first-order chi connectivity index (χ1) is 7.29. The minimum Gasteiger partial charge on any atom is -0.496 e. The van der Waals surface area contributed by atoms with Gasteiger partial charge >= 0.3 is 6.18 Å². The number of benzene rings is 1. The van der Waals surface area contributed by atoms with Gasteiger partial charge in [-0.3, -0.25) is 4.79 Å². The molecule has 0 radical (unpaired) electrons. The van der Waals surface area contributed by atoms with E-state index in [1.807, 2.05) is 0 Å². The van der Waals surface area contributed by atoms with E-state index in [1.54, 1.807) is 0 Å². The summed E-state index contributed by atoms with van der Waals surface area (Å²) in [5.41, 5.74) is 3.46. The van der Waals surface area contributed by atoms with E-state index in [2.05, 4.69) is 0 Å². The van der Waals surface area contributed by atoms with Crippen LogP contribution in [0.5, 0.6) is 5.75 Å². The van der Waals surface area contributed by atoms with E-state index in [0.29, 0.717) is 0 Å². The second-order valence-corrected chi connectivity index (χ2v) is 3.16. The predicted molar refractivity (Wildman–Crippen MR) is 52.4 cm³/mol. The second-order valence-electron chi connectivity index (χ2n) is 3.16. The van der Waals surface area contributed by atoms with Crippen LogP contribution in [0.15, 0.2) is 12.1 Å². The van der Waals surface area contributed by atoms with Crippen molar-refractivity contribution in [3.05, 3.63) is 23.3 Å². The fourth-order valence-corrected chi connectivity index (χ4v) is 1.38. The molecule has 0 atom stereocenters. The Kier molecular flexibility index (Phi) is 3.11. The largest absolute Gasteiger partial charge is 0.496 e. The smallest absolute Gasteiger partial charge is 0.418 e. The molecule has 1 aromatic carbocycles. The lowest BCUT2D eigenvalue weighted by atomic mass is 10.0. The monoisotopic (exact) mass is 233 g/mol. The highest BCUT2D eigenvalue weighted by atomic mass is 19.4. The van der Waals surface area contributed by atoms with E-state index < -0.39 is 23.2 Å². The maximum absolute atomic E-state index is 12.5. The standard InChI is InChI=1S/C10H10F3NO2/c1-5(15)8-7(16-2)4-3-6(9(8)14)10(11,12)13/h3-4H,14H2,1-2H3. The summed E-state index contributed by atoms with van der Waals surface area (Å²) in [5, 5.41) is 0. The number of alkyl halides is 3. The minimum atomic E-state index is -4.58. The first-order valence-electron chi connectivity index (χ1n) is 4.33. The number of carbonyl (C=O) groups excluding carboxylic acids is 1. The Bertz CT molecular complexity index is 427. The van der Waals surface area contributed by atoms with Crippen LogP contribution in [-0.2, 0) is 6.18 Å². The van der Waals surface area contributed by atoms with E-state index in [9.17, 15) is 18.0 Å². The second kappa shape index (κ2) is 4.03. The normalized spacial score (nSPS) is 11.3. The molecule has 0 unspecified atom stereocenters. The van der Waals surface area contributed by atoms with Gasteiger partial charge in [-0.05, 0) is 19.1 Å². The zero-order chi connectivity index (χ0) is 12.5. The van der Waals surface area contributed by atoms with E-state index in [4.69, 9.17) is 10.5 Å². The van der Waals surface area contributed by atoms with Crippen LogP contribution >= 0.6 is 0 Å². The molecule has 0 saturated carbocycles. The van der Waals surface area contributed by atoms with Crippen LogP contribution in [0.4, 0.5) is 18.9 Å². The highest BCUT2D eigenvalue weighted by molar-refractivity contribution is 6.02. The average molecular weight is 233 g/mol. The van der Waals surface area contributed by atoms with E-state index >= 15 is 0 Å². The van der Waals surface area contributed by atoms with Gasteiger partial charge in [0.1, 0.15) is 5.75 Å². The van der Waals surface area contributed by atoms with Crippen LogP contribution < -0.4 is 10.5 Å². The van der Waals surface area contributed by atoms with Crippen LogP contribution in [0.3, 0.4) is 0 Å². The number of ketones is 1. The number of hydrogen-bond donors (Lipinski definition) is 1. The van der Waals surface area contributed by atoms with Gasteiger partial charge in [-0.15, -0.1) is 0 Å². The lowest BCUT2D eigenvalue weighted by Gasteiger charge is -2.14. The minimum absolute atomic E-state index is 0.0398. The number of nitrogens with two attached hydrogens (primary N) is 1. The first kappa shape index (κ1) is 12.4. The van der Waals surface area contributed by atoms with Crippen molar-refractivity contribution in [2.45, 2.75) is 13.1 Å². The molecule has 0 aliphatic carbocycles. The molecular weight excluding hydrogens is 223 g/mol. The zero-order valence-electron chi connectivity index (χ0n) is 8.68. The van der Waals surface area contributed by atoms with Crippen LogP contribution in [0.25, 0.3) is 0 Å². The molecule has 0 aliphatic heterocycles. The Hall–Kier alpha value is -1.72. The molecule has 88 valence electrons. The average Bonchev–Trinajstić information content (AvgIpc) is 2.14. The molecule has 0 amide bonds. The Morgan fingerprint density at radius 2 is 1.94 bits per heavy atom. The van der Waals surface area contributed by atoms with Gasteiger partial charge in [0, 0.05) is 0 Å². The summed E-state index contributed by atoms with van der Waals surface area (Å²) in [6, 6.07) is 1.87. The third kappa shape index (κ3) is 2.10. The third-order valence-electron chi connectivity index (χ3n) is 2.08. The molecule has 0 saturated heterocycles. The summed E-state index contributed by atoms with van der Waals surface area (Å²) in [6.07, 6.45) is -4.58. The summed E-state index contributed by atoms with van der Waals surface area (Å²) in [4.78, 5) is 11.2. The molecule has 0 aromatic heterocycles. The maximum Gasteiger partial charge on any atom is 0.418 e. The number of rotatable bonds is 2. The van der Waals surface area contributed by atoms with Gasteiger partial charge < -0.3 is 10.5 Å². The third-order valence-corrected chi connectivity index (χ3v) is 2.08. The van der Waals surface area contributed by atoms with Crippen LogP contribution in [0.2, 0.25) is 0 Å². The number of Topliss-reactive ketones (excluding diaryl/α,β-unsaturated/α-hetero) is 1. The number of anilines is 1. The Labute approximate surface area is 90.0 Å². The van der Waals surface area contributed by atoms with Crippen LogP contribution in [0, 0.1) is 0 Å². The highest BCUT2D eigenvalue weighted by Gasteiger charge is 2.35. The van der Waals surface area contributed by atoms with Crippen molar-refractivity contribution < 1.29 is 22.7 Å². The van der Waals surface area contributed by atoms with Gasteiger partial charge in [-0.1, -0.05) is 0 Å². The summed E-state index contributed by atoms with van der Waals surface area (Å²) in [7, 11) is 1.26. The fourth-order valence-electron chi connectivity index (χ4n) is 1.38. The molecule has 0 fully saturated rings. The number of carbonyl (C=O) groups is 1. The molecule has 1 aromatic rings. The first-order valence-corrected chi connectivity index (χ1v) is 4.33. The van der Waals surface area contributed by atoms with Crippen molar-refractivity contribution in [1.29, 1.82) is 0 Å². The summed E-state index contributed by atoms with van der Waals surface area (Å²) >= 11 is 0. The molecule has 3 nitrogen and oxygen atoms in total. The topological polar surface area (TPSA) is 52.3 Å². The summed E-state index contributed by atoms with van der Waals surface area (Å²) < 4.78 is 42.3. The van der Waals surface area contributed by atoms with Crippen molar-refractivity contribution in [3.63, 3.8) is 0 Å². The molecule has 0 heterocycles. The summed E-state index contributed by atoms with van der Waals surface area (Å²) in [5.74, 6) is -0.529. The molecule has 16 heavy (non-hydrogen) atoms. The van der Waals surface area contributed by atoms with Gasteiger partial charge in [0.2, 0.25) is 0 Å². The van der Waals surface area contributed by atoms with E-state index in [1.165, 1.54) is 7.11 Å². The highest BCUT2D eigenvalue weighted by Crippen LogP contribution is 2.38. The van der Waals surface area contributed by atoms with Gasteiger partial charge in [-0.2, -0.15) is 13.2 Å². The van der Waals surface area contributed by atoms with Crippen LogP contribution in [0.1, 0.15) is 22.8 Å².